The monoisotopic (exact) mass is 234 g/mol. The molecule has 5 heteroatoms. The van der Waals surface area contributed by atoms with Gasteiger partial charge in [-0.05, 0) is 19.3 Å². The topological polar surface area (TPSA) is 64.3 Å². The van der Waals surface area contributed by atoms with Gasteiger partial charge in [-0.1, -0.05) is 6.92 Å². The van der Waals surface area contributed by atoms with Gasteiger partial charge in [-0.3, -0.25) is 0 Å². The van der Waals surface area contributed by atoms with Crippen molar-refractivity contribution in [2.75, 3.05) is 23.7 Å². The Bertz CT molecular complexity index is 411. The lowest BCUT2D eigenvalue weighted by atomic mass is 10.2. The second-order valence-electron chi connectivity index (χ2n) is 4.78. The molecular weight excluding hydrogens is 216 g/mol. The molecule has 2 saturated heterocycles. The van der Waals surface area contributed by atoms with Crippen molar-refractivity contribution in [3.8, 4) is 0 Å². The molecule has 92 valence electrons. The van der Waals surface area contributed by atoms with Crippen LogP contribution in [-0.2, 0) is 11.2 Å². The highest BCUT2D eigenvalue weighted by atomic mass is 16.5. The number of hydrogen-bond donors (Lipinski definition) is 1. The maximum absolute atomic E-state index is 5.91. The summed E-state index contributed by atoms with van der Waals surface area (Å²) in [7, 11) is 0. The lowest BCUT2D eigenvalue weighted by Crippen LogP contribution is -2.43. The molecule has 17 heavy (non-hydrogen) atoms. The molecule has 2 fully saturated rings. The van der Waals surface area contributed by atoms with Crippen molar-refractivity contribution < 1.29 is 4.74 Å². The zero-order valence-electron chi connectivity index (χ0n) is 10.1. The summed E-state index contributed by atoms with van der Waals surface area (Å²) in [5, 5.41) is 0. The molecule has 2 atom stereocenters. The number of hydrogen-bond acceptors (Lipinski definition) is 5. The average molecular weight is 234 g/mol. The maximum atomic E-state index is 5.91. The Morgan fingerprint density at radius 1 is 1.35 bits per heavy atom. The number of nitrogens with zero attached hydrogens (tertiary/aromatic N) is 3. The van der Waals surface area contributed by atoms with E-state index in [1.165, 1.54) is 12.8 Å². The lowest BCUT2D eigenvalue weighted by molar-refractivity contribution is 0.0301. The zero-order valence-corrected chi connectivity index (χ0v) is 10.1. The third kappa shape index (κ3) is 1.84. The second kappa shape index (κ2) is 4.14. The molecule has 2 bridgehead atoms. The van der Waals surface area contributed by atoms with Crippen molar-refractivity contribution >= 4 is 11.6 Å². The van der Waals surface area contributed by atoms with Crippen LogP contribution in [0.3, 0.4) is 0 Å². The van der Waals surface area contributed by atoms with E-state index in [2.05, 4.69) is 21.8 Å². The molecule has 0 saturated carbocycles. The van der Waals surface area contributed by atoms with E-state index in [4.69, 9.17) is 10.5 Å². The molecule has 2 aliphatic heterocycles. The normalized spacial score (nSPS) is 27.5. The van der Waals surface area contributed by atoms with Gasteiger partial charge in [0.15, 0.2) is 0 Å². The fourth-order valence-corrected chi connectivity index (χ4v) is 2.82. The Labute approximate surface area is 101 Å². The number of nitrogens with two attached hydrogens (primary N) is 1. The Morgan fingerprint density at radius 3 is 2.71 bits per heavy atom. The number of fused-ring (bicyclic) bond motifs is 2. The Kier molecular flexibility index (Phi) is 2.63. The fourth-order valence-electron chi connectivity index (χ4n) is 2.82. The van der Waals surface area contributed by atoms with Gasteiger partial charge in [0.1, 0.15) is 18.0 Å². The average Bonchev–Trinajstić information content (AvgIpc) is 2.68. The van der Waals surface area contributed by atoms with Crippen LogP contribution in [-0.4, -0.2) is 35.3 Å². The molecule has 1 aromatic rings. The van der Waals surface area contributed by atoms with Gasteiger partial charge in [-0.2, -0.15) is 0 Å². The third-order valence-corrected chi connectivity index (χ3v) is 3.65. The molecule has 0 aromatic carbocycles. The number of nitrogen functional groups attached to an aromatic ring is 1. The summed E-state index contributed by atoms with van der Waals surface area (Å²) >= 11 is 0. The molecule has 3 rings (SSSR count). The molecule has 0 amide bonds. The standard InChI is InChI=1S/C12H18N4O/c1-2-10-11(13)14-7-15-12(10)16-5-8-3-4-9(6-16)17-8/h7-9H,2-6H2,1H3,(H2,13,14,15). The van der Waals surface area contributed by atoms with Gasteiger partial charge in [-0.15, -0.1) is 0 Å². The molecule has 2 N–H and O–H groups in total. The van der Waals surface area contributed by atoms with Gasteiger partial charge < -0.3 is 15.4 Å². The first-order valence-electron chi connectivity index (χ1n) is 6.27. The first-order chi connectivity index (χ1) is 8.28. The summed E-state index contributed by atoms with van der Waals surface area (Å²) in [6.45, 7) is 3.95. The fraction of sp³-hybridized carbons (Fsp3) is 0.667. The summed E-state index contributed by atoms with van der Waals surface area (Å²) in [4.78, 5) is 10.8. The molecule has 0 spiro atoms. The lowest BCUT2D eigenvalue weighted by Gasteiger charge is -2.34. The number of anilines is 2. The summed E-state index contributed by atoms with van der Waals surface area (Å²) in [6.07, 6.45) is 5.51. The predicted octanol–water partition coefficient (Wildman–Crippen LogP) is 0.989. The van der Waals surface area contributed by atoms with Crippen LogP contribution < -0.4 is 10.6 Å². The van der Waals surface area contributed by atoms with E-state index in [0.717, 1.165) is 30.9 Å². The highest BCUT2D eigenvalue weighted by Crippen LogP contribution is 2.31. The smallest absolute Gasteiger partial charge is 0.137 e. The van der Waals surface area contributed by atoms with Gasteiger partial charge in [-0.25, -0.2) is 9.97 Å². The van der Waals surface area contributed by atoms with Crippen LogP contribution in [0, 0.1) is 0 Å². The van der Waals surface area contributed by atoms with E-state index in [1.807, 2.05) is 0 Å². The van der Waals surface area contributed by atoms with Gasteiger partial charge in [0.2, 0.25) is 0 Å². The number of rotatable bonds is 2. The van der Waals surface area contributed by atoms with Gasteiger partial charge in [0.25, 0.3) is 0 Å². The second-order valence-corrected chi connectivity index (χ2v) is 4.78. The number of ether oxygens (including phenoxy) is 1. The van der Waals surface area contributed by atoms with Crippen molar-refractivity contribution in [1.29, 1.82) is 0 Å². The van der Waals surface area contributed by atoms with Crippen LogP contribution in [0.5, 0.6) is 0 Å². The highest BCUT2D eigenvalue weighted by Gasteiger charge is 2.35. The van der Waals surface area contributed by atoms with Gasteiger partial charge >= 0.3 is 0 Å². The van der Waals surface area contributed by atoms with Crippen molar-refractivity contribution in [1.82, 2.24) is 9.97 Å². The Hall–Kier alpha value is -1.36. The van der Waals surface area contributed by atoms with Crippen LogP contribution in [0.15, 0.2) is 6.33 Å². The van der Waals surface area contributed by atoms with E-state index in [-0.39, 0.29) is 0 Å². The molecule has 2 aliphatic rings. The number of aromatic nitrogens is 2. The largest absolute Gasteiger partial charge is 0.383 e. The Balaban J connectivity index is 1.91. The van der Waals surface area contributed by atoms with Crippen LogP contribution >= 0.6 is 0 Å². The first-order valence-corrected chi connectivity index (χ1v) is 6.27. The molecule has 0 radical (unpaired) electrons. The molecule has 3 heterocycles. The minimum atomic E-state index is 0.370. The van der Waals surface area contributed by atoms with Gasteiger partial charge in [0.05, 0.1) is 12.2 Å². The van der Waals surface area contributed by atoms with E-state index >= 15 is 0 Å². The quantitative estimate of drug-likeness (QED) is 0.826. The highest BCUT2D eigenvalue weighted by molar-refractivity contribution is 5.57. The van der Waals surface area contributed by atoms with E-state index in [0.29, 0.717) is 18.0 Å². The maximum Gasteiger partial charge on any atom is 0.137 e. The van der Waals surface area contributed by atoms with E-state index in [1.54, 1.807) is 6.33 Å². The zero-order chi connectivity index (χ0) is 11.8. The van der Waals surface area contributed by atoms with Crippen molar-refractivity contribution in [2.24, 2.45) is 0 Å². The number of morpholine rings is 1. The Morgan fingerprint density at radius 2 is 2.06 bits per heavy atom. The summed E-state index contributed by atoms with van der Waals surface area (Å²) in [5.41, 5.74) is 6.98. The van der Waals surface area contributed by atoms with Crippen molar-refractivity contribution in [2.45, 2.75) is 38.4 Å². The summed E-state index contributed by atoms with van der Waals surface area (Å²) < 4.78 is 5.84. The SMILES string of the molecule is CCc1c(N)ncnc1N1CC2CCC(C1)O2. The molecule has 2 unspecified atom stereocenters. The summed E-state index contributed by atoms with van der Waals surface area (Å²) in [6, 6.07) is 0. The molecule has 1 aromatic heterocycles. The van der Waals surface area contributed by atoms with Crippen LogP contribution in [0.25, 0.3) is 0 Å². The van der Waals surface area contributed by atoms with Crippen LogP contribution in [0.1, 0.15) is 25.3 Å². The molecule has 0 aliphatic carbocycles. The first kappa shape index (κ1) is 10.8. The van der Waals surface area contributed by atoms with Crippen molar-refractivity contribution in [3.63, 3.8) is 0 Å². The van der Waals surface area contributed by atoms with E-state index < -0.39 is 0 Å². The summed E-state index contributed by atoms with van der Waals surface area (Å²) in [5.74, 6) is 1.61. The van der Waals surface area contributed by atoms with Crippen LogP contribution in [0.4, 0.5) is 11.6 Å². The molecule has 5 nitrogen and oxygen atoms in total. The minimum absolute atomic E-state index is 0.370. The van der Waals surface area contributed by atoms with Crippen LogP contribution in [0.2, 0.25) is 0 Å². The predicted molar refractivity (Wildman–Crippen MR) is 65.9 cm³/mol. The third-order valence-electron chi connectivity index (χ3n) is 3.65. The van der Waals surface area contributed by atoms with Crippen molar-refractivity contribution in [3.05, 3.63) is 11.9 Å². The minimum Gasteiger partial charge on any atom is -0.383 e. The van der Waals surface area contributed by atoms with E-state index in [9.17, 15) is 0 Å². The van der Waals surface area contributed by atoms with Gasteiger partial charge in [0, 0.05) is 18.7 Å². The molecular formula is C12H18N4O.